The van der Waals surface area contributed by atoms with E-state index >= 15 is 0 Å². The van der Waals surface area contributed by atoms with E-state index in [4.69, 9.17) is 16.6 Å². The van der Waals surface area contributed by atoms with Crippen molar-refractivity contribution in [2.24, 2.45) is 0 Å². The number of fused-ring (bicyclic) bond motifs is 3. The third-order valence-corrected chi connectivity index (χ3v) is 5.48. The van der Waals surface area contributed by atoms with E-state index in [0.29, 0.717) is 0 Å². The highest BCUT2D eigenvalue weighted by Crippen LogP contribution is 2.30. The number of rotatable bonds is 3. The fourth-order valence-corrected chi connectivity index (χ4v) is 3.85. The molecule has 0 aliphatic heterocycles. The van der Waals surface area contributed by atoms with Crippen LogP contribution in [-0.2, 0) is 6.42 Å². The largest absolute Gasteiger partial charge is 0.303 e. The Balaban J connectivity index is 1.76. The molecule has 0 aliphatic rings. The molecule has 2 heterocycles. The number of aromatic nitrogens is 2. The van der Waals surface area contributed by atoms with Crippen molar-refractivity contribution < 1.29 is 0 Å². The number of nitrogens with zero attached hydrogens (tertiary/aromatic N) is 2. The number of halogens is 1. The molecule has 5 aromatic rings. The maximum atomic E-state index is 6.11. The smallest absolute Gasteiger partial charge is 0.145 e. The molecule has 0 spiro atoms. The lowest BCUT2D eigenvalue weighted by Crippen LogP contribution is -1.97. The van der Waals surface area contributed by atoms with Gasteiger partial charge in [0.1, 0.15) is 5.65 Å². The summed E-state index contributed by atoms with van der Waals surface area (Å²) in [6, 6.07) is 27.2. The Labute approximate surface area is 169 Å². The fourth-order valence-electron chi connectivity index (χ4n) is 3.72. The summed E-state index contributed by atoms with van der Waals surface area (Å²) in [4.78, 5) is 5.07. The Morgan fingerprint density at radius 2 is 1.61 bits per heavy atom. The zero-order chi connectivity index (χ0) is 19.1. The highest BCUT2D eigenvalue weighted by Gasteiger charge is 2.16. The second-order valence-corrected chi connectivity index (χ2v) is 7.61. The van der Waals surface area contributed by atoms with Gasteiger partial charge < -0.3 is 4.40 Å². The molecule has 2 aromatic heterocycles. The molecule has 0 bridgehead atoms. The van der Waals surface area contributed by atoms with E-state index in [-0.39, 0.29) is 0 Å². The SMILES string of the molecule is Cc1ccc(Cc2c(-c3ccc(Cl)cc3)nc3c4ccccc4ccn23)cc1. The summed E-state index contributed by atoms with van der Waals surface area (Å²) in [5.74, 6) is 0. The first-order chi connectivity index (χ1) is 13.7. The molecule has 0 N–H and O–H groups in total. The van der Waals surface area contributed by atoms with Gasteiger partial charge in [-0.1, -0.05) is 77.8 Å². The molecule has 2 nitrogen and oxygen atoms in total. The van der Waals surface area contributed by atoms with Crippen molar-refractivity contribution in [1.29, 1.82) is 0 Å². The van der Waals surface area contributed by atoms with Gasteiger partial charge in [0, 0.05) is 28.6 Å². The first-order valence-corrected chi connectivity index (χ1v) is 9.77. The van der Waals surface area contributed by atoms with Crippen molar-refractivity contribution in [2.75, 3.05) is 0 Å². The average molecular weight is 383 g/mol. The minimum Gasteiger partial charge on any atom is -0.303 e. The van der Waals surface area contributed by atoms with Crippen LogP contribution in [0.3, 0.4) is 0 Å². The van der Waals surface area contributed by atoms with E-state index in [9.17, 15) is 0 Å². The second kappa shape index (κ2) is 6.81. The lowest BCUT2D eigenvalue weighted by atomic mass is 10.0. The van der Waals surface area contributed by atoms with E-state index in [1.807, 2.05) is 24.3 Å². The van der Waals surface area contributed by atoms with Gasteiger partial charge >= 0.3 is 0 Å². The zero-order valence-corrected chi connectivity index (χ0v) is 16.3. The van der Waals surface area contributed by atoms with Gasteiger partial charge in [-0.05, 0) is 36.1 Å². The Bertz CT molecular complexity index is 1280. The predicted octanol–water partition coefficient (Wildman–Crippen LogP) is 6.71. The molecule has 0 saturated carbocycles. The first kappa shape index (κ1) is 17.0. The summed E-state index contributed by atoms with van der Waals surface area (Å²) in [6.45, 7) is 2.11. The fraction of sp³-hybridized carbons (Fsp3) is 0.0800. The van der Waals surface area contributed by atoms with E-state index in [1.165, 1.54) is 22.2 Å². The number of hydrogen-bond donors (Lipinski definition) is 0. The van der Waals surface area contributed by atoms with Crippen molar-refractivity contribution in [3.05, 3.63) is 107 Å². The maximum absolute atomic E-state index is 6.11. The third-order valence-electron chi connectivity index (χ3n) is 5.22. The quantitative estimate of drug-likeness (QED) is 0.339. The summed E-state index contributed by atoms with van der Waals surface area (Å²) in [6.07, 6.45) is 2.95. The van der Waals surface area contributed by atoms with Crippen molar-refractivity contribution >= 4 is 28.0 Å². The molecule has 136 valence electrons. The molecule has 0 amide bonds. The molecule has 0 saturated heterocycles. The molecular weight excluding hydrogens is 364 g/mol. The minimum atomic E-state index is 0.734. The molecule has 0 fully saturated rings. The van der Waals surface area contributed by atoms with Crippen LogP contribution in [0.25, 0.3) is 27.7 Å². The predicted molar refractivity (Wildman–Crippen MR) is 117 cm³/mol. The second-order valence-electron chi connectivity index (χ2n) is 7.17. The monoisotopic (exact) mass is 382 g/mol. The van der Waals surface area contributed by atoms with Crippen LogP contribution in [0.4, 0.5) is 0 Å². The topological polar surface area (TPSA) is 17.3 Å². The zero-order valence-electron chi connectivity index (χ0n) is 15.6. The van der Waals surface area contributed by atoms with Gasteiger partial charge in [0.15, 0.2) is 0 Å². The number of benzene rings is 3. The molecule has 3 aromatic carbocycles. The van der Waals surface area contributed by atoms with Gasteiger partial charge in [-0.15, -0.1) is 0 Å². The molecule has 0 unspecified atom stereocenters. The number of hydrogen-bond acceptors (Lipinski definition) is 1. The summed E-state index contributed by atoms with van der Waals surface area (Å²) in [7, 11) is 0. The van der Waals surface area contributed by atoms with Crippen LogP contribution in [-0.4, -0.2) is 9.38 Å². The van der Waals surface area contributed by atoms with E-state index in [2.05, 4.69) is 72.1 Å². The van der Waals surface area contributed by atoms with E-state index in [1.54, 1.807) is 0 Å². The van der Waals surface area contributed by atoms with Gasteiger partial charge in [-0.25, -0.2) is 4.98 Å². The van der Waals surface area contributed by atoms with Gasteiger partial charge in [0.2, 0.25) is 0 Å². The Morgan fingerprint density at radius 3 is 2.39 bits per heavy atom. The van der Waals surface area contributed by atoms with Crippen LogP contribution in [0.2, 0.25) is 5.02 Å². The Kier molecular flexibility index (Phi) is 4.14. The van der Waals surface area contributed by atoms with Crippen LogP contribution >= 0.6 is 11.6 Å². The first-order valence-electron chi connectivity index (χ1n) is 9.39. The maximum Gasteiger partial charge on any atom is 0.145 e. The minimum absolute atomic E-state index is 0.734. The number of aryl methyl sites for hydroxylation is 1. The van der Waals surface area contributed by atoms with Gasteiger partial charge in [0.05, 0.1) is 11.4 Å². The van der Waals surface area contributed by atoms with E-state index < -0.39 is 0 Å². The molecule has 0 aliphatic carbocycles. The van der Waals surface area contributed by atoms with Crippen LogP contribution in [0.1, 0.15) is 16.8 Å². The summed E-state index contributed by atoms with van der Waals surface area (Å²) in [5, 5.41) is 3.10. The molecule has 3 heteroatoms. The van der Waals surface area contributed by atoms with Crippen LogP contribution in [0, 0.1) is 6.92 Å². The molecule has 0 radical (unpaired) electrons. The summed E-state index contributed by atoms with van der Waals surface area (Å²) in [5.41, 5.74) is 6.81. The van der Waals surface area contributed by atoms with Crippen LogP contribution < -0.4 is 0 Å². The molecule has 0 atom stereocenters. The number of pyridine rings is 1. The van der Waals surface area contributed by atoms with Crippen molar-refractivity contribution in [2.45, 2.75) is 13.3 Å². The van der Waals surface area contributed by atoms with Crippen molar-refractivity contribution in [1.82, 2.24) is 9.38 Å². The van der Waals surface area contributed by atoms with Gasteiger partial charge in [0.25, 0.3) is 0 Å². The Hall–Kier alpha value is -3.10. The highest BCUT2D eigenvalue weighted by molar-refractivity contribution is 6.30. The van der Waals surface area contributed by atoms with Crippen LogP contribution in [0.15, 0.2) is 85.1 Å². The average Bonchev–Trinajstić information content (AvgIpc) is 3.09. The standard InChI is InChI=1S/C25H19ClN2/c1-17-6-8-18(9-7-17)16-23-24(20-10-12-21(26)13-11-20)27-25-22-5-3-2-4-19(22)14-15-28(23)25/h2-15H,16H2,1H3. The third kappa shape index (κ3) is 2.96. The molecular formula is C25H19ClN2. The van der Waals surface area contributed by atoms with Crippen molar-refractivity contribution in [3.8, 4) is 11.3 Å². The van der Waals surface area contributed by atoms with E-state index in [0.717, 1.165) is 33.7 Å². The molecule has 5 rings (SSSR count). The van der Waals surface area contributed by atoms with Crippen molar-refractivity contribution in [3.63, 3.8) is 0 Å². The number of imidazole rings is 1. The Morgan fingerprint density at radius 1 is 0.857 bits per heavy atom. The highest BCUT2D eigenvalue weighted by atomic mass is 35.5. The lowest BCUT2D eigenvalue weighted by Gasteiger charge is -2.07. The summed E-state index contributed by atoms with van der Waals surface area (Å²) >= 11 is 6.11. The van der Waals surface area contributed by atoms with Crippen LogP contribution in [0.5, 0.6) is 0 Å². The van der Waals surface area contributed by atoms with Gasteiger partial charge in [-0.3, -0.25) is 0 Å². The summed E-state index contributed by atoms with van der Waals surface area (Å²) < 4.78 is 2.23. The normalized spacial score (nSPS) is 11.4. The van der Waals surface area contributed by atoms with Gasteiger partial charge in [-0.2, -0.15) is 0 Å². The molecule has 28 heavy (non-hydrogen) atoms. The lowest BCUT2D eigenvalue weighted by molar-refractivity contribution is 1.03.